The molecule has 1 atom stereocenters. The van der Waals surface area contributed by atoms with Crippen LogP contribution in [0.15, 0.2) is 0 Å². The van der Waals surface area contributed by atoms with E-state index in [0.29, 0.717) is 19.6 Å². The van der Waals surface area contributed by atoms with E-state index in [1.807, 2.05) is 0 Å². The second kappa shape index (κ2) is 15.5. The Labute approximate surface area is 141 Å². The molecule has 0 aromatic carbocycles. The third-order valence-electron chi connectivity index (χ3n) is 3.28. The molecule has 0 radical (unpaired) electrons. The van der Waals surface area contributed by atoms with Crippen LogP contribution in [-0.2, 0) is 9.47 Å². The van der Waals surface area contributed by atoms with Crippen LogP contribution in [0.25, 0.3) is 0 Å². The lowest BCUT2D eigenvalue weighted by atomic mass is 10.3. The topological polar surface area (TPSA) is 111 Å². The monoisotopic (exact) mass is 353 g/mol. The molecule has 0 amide bonds. The van der Waals surface area contributed by atoms with Crippen molar-refractivity contribution in [1.82, 2.24) is 5.32 Å². The van der Waals surface area contributed by atoms with Crippen molar-refractivity contribution in [2.24, 2.45) is 0 Å². The number of unbranched alkanes of at least 4 members (excludes halogenated alkanes) is 3. The first-order valence-corrected chi connectivity index (χ1v) is 10.7. The molecule has 0 saturated carbocycles. The van der Waals surface area contributed by atoms with Gasteiger partial charge in [0.15, 0.2) is 0 Å². The molecule has 23 heavy (non-hydrogen) atoms. The third-order valence-corrected chi connectivity index (χ3v) is 4.30. The molecule has 0 fully saturated rings. The van der Waals surface area contributed by atoms with Gasteiger partial charge in [0.25, 0.3) is 0 Å². The van der Waals surface area contributed by atoms with Crippen molar-refractivity contribution in [2.45, 2.75) is 57.6 Å². The maximum Gasteiger partial charge on any atom is 0.492 e. The van der Waals surface area contributed by atoms with Gasteiger partial charge in [-0.3, -0.25) is 0 Å². The lowest BCUT2D eigenvalue weighted by Crippen LogP contribution is -2.34. The van der Waals surface area contributed by atoms with E-state index in [9.17, 15) is 5.11 Å². The number of hydrogen-bond donors (Lipinski definition) is 5. The van der Waals surface area contributed by atoms with Gasteiger partial charge in [0.1, 0.15) is 0 Å². The Morgan fingerprint density at radius 2 is 1.57 bits per heavy atom. The molecule has 5 N–H and O–H groups in total. The molecule has 0 aliphatic heterocycles. The Bertz CT molecular complexity index is 253. The average Bonchev–Trinajstić information content (AvgIpc) is 2.47. The summed E-state index contributed by atoms with van der Waals surface area (Å²) in [6.45, 7) is 5.62. The Balaban J connectivity index is 3.20. The zero-order valence-corrected chi connectivity index (χ0v) is 15.4. The molecule has 0 aromatic rings. The summed E-state index contributed by atoms with van der Waals surface area (Å²) in [5.41, 5.74) is 0. The van der Waals surface area contributed by atoms with Gasteiger partial charge in [-0.05, 0) is 32.2 Å². The fourth-order valence-electron chi connectivity index (χ4n) is 1.97. The molecule has 0 aromatic heterocycles. The highest BCUT2D eigenvalue weighted by Crippen LogP contribution is 2.01. The van der Waals surface area contributed by atoms with Crippen LogP contribution >= 0.6 is 0 Å². The summed E-state index contributed by atoms with van der Waals surface area (Å²) < 4.78 is 10.7. The summed E-state index contributed by atoms with van der Waals surface area (Å²) in [5.74, 6) is 0. The first-order valence-electron chi connectivity index (χ1n) is 8.67. The second-order valence-corrected chi connectivity index (χ2v) is 7.89. The maximum absolute atomic E-state index is 9.68. The molecule has 0 saturated heterocycles. The fraction of sp³-hybridized carbons (Fsp3) is 1.00. The van der Waals surface area contributed by atoms with E-state index in [1.165, 1.54) is 12.8 Å². The van der Waals surface area contributed by atoms with Gasteiger partial charge < -0.3 is 34.3 Å². The van der Waals surface area contributed by atoms with Crippen molar-refractivity contribution in [3.63, 3.8) is 0 Å². The van der Waals surface area contributed by atoms with Crippen LogP contribution in [-0.4, -0.2) is 73.9 Å². The van der Waals surface area contributed by atoms with E-state index in [4.69, 9.17) is 23.9 Å². The van der Waals surface area contributed by atoms with Gasteiger partial charge in [-0.25, -0.2) is 0 Å². The number of rotatable bonds is 17. The van der Waals surface area contributed by atoms with Crippen LogP contribution in [0.5, 0.6) is 0 Å². The number of aliphatic hydroxyl groups is 1. The van der Waals surface area contributed by atoms with Crippen LogP contribution in [0, 0.1) is 0 Å². The van der Waals surface area contributed by atoms with Crippen LogP contribution in [0.2, 0.25) is 6.04 Å². The smallest absolute Gasteiger partial charge is 0.390 e. The van der Waals surface area contributed by atoms with Crippen LogP contribution in [0.4, 0.5) is 0 Å². The molecule has 0 aliphatic rings. The Morgan fingerprint density at radius 3 is 2.22 bits per heavy atom. The first-order chi connectivity index (χ1) is 11.0. The van der Waals surface area contributed by atoms with Gasteiger partial charge in [-0.2, -0.15) is 0 Å². The standard InChI is InChI=1S/C15H35NO6Si/c1-2-3-5-9-21-10-6-4-8-16-13-15(17)14-22-11-7-12-23(18,19)20/h15-20H,2-14H2,1H3. The van der Waals surface area contributed by atoms with Crippen molar-refractivity contribution < 1.29 is 29.0 Å². The van der Waals surface area contributed by atoms with Crippen LogP contribution in [0.3, 0.4) is 0 Å². The van der Waals surface area contributed by atoms with E-state index in [2.05, 4.69) is 12.2 Å². The SMILES string of the molecule is CCCCCOCCCCNCC(O)COCCC[Si](O)(O)O. The number of hydrogen-bond acceptors (Lipinski definition) is 7. The molecular formula is C15H35NO6Si. The highest BCUT2D eigenvalue weighted by atomic mass is 28.4. The minimum atomic E-state index is -3.95. The molecule has 8 heteroatoms. The fourth-order valence-corrected chi connectivity index (χ4v) is 2.59. The lowest BCUT2D eigenvalue weighted by Gasteiger charge is -2.13. The molecular weight excluding hydrogens is 318 g/mol. The highest BCUT2D eigenvalue weighted by molar-refractivity contribution is 6.56. The molecule has 0 spiro atoms. The largest absolute Gasteiger partial charge is 0.492 e. The summed E-state index contributed by atoms with van der Waals surface area (Å²) in [6.07, 6.45) is 5.39. The van der Waals surface area contributed by atoms with Crippen molar-refractivity contribution in [3.8, 4) is 0 Å². The summed E-state index contributed by atoms with van der Waals surface area (Å²) in [4.78, 5) is 26.4. The van der Waals surface area contributed by atoms with Gasteiger partial charge in [0, 0.05) is 32.4 Å². The van der Waals surface area contributed by atoms with Crippen molar-refractivity contribution in [1.29, 1.82) is 0 Å². The van der Waals surface area contributed by atoms with Crippen LogP contribution in [0.1, 0.15) is 45.4 Å². The average molecular weight is 354 g/mol. The molecule has 140 valence electrons. The van der Waals surface area contributed by atoms with E-state index in [1.54, 1.807) is 0 Å². The Hall–Kier alpha value is -0.0631. The molecule has 7 nitrogen and oxygen atoms in total. The van der Waals surface area contributed by atoms with Crippen LogP contribution < -0.4 is 5.32 Å². The normalized spacial score (nSPS) is 13.4. The van der Waals surface area contributed by atoms with Gasteiger partial charge >= 0.3 is 8.80 Å². The summed E-state index contributed by atoms with van der Waals surface area (Å²) in [5, 5.41) is 12.8. The minimum Gasteiger partial charge on any atom is -0.390 e. The van der Waals surface area contributed by atoms with E-state index in [0.717, 1.165) is 39.0 Å². The third kappa shape index (κ3) is 19.9. The molecule has 0 rings (SSSR count). The molecule has 0 bridgehead atoms. The number of aliphatic hydroxyl groups excluding tert-OH is 1. The van der Waals surface area contributed by atoms with E-state index >= 15 is 0 Å². The van der Waals surface area contributed by atoms with E-state index < -0.39 is 14.9 Å². The van der Waals surface area contributed by atoms with Crippen molar-refractivity contribution in [2.75, 3.05) is 39.5 Å². The molecule has 0 heterocycles. The molecule has 1 unspecified atom stereocenters. The first kappa shape index (κ1) is 22.9. The summed E-state index contributed by atoms with van der Waals surface area (Å²) >= 11 is 0. The van der Waals surface area contributed by atoms with Gasteiger partial charge in [0.2, 0.25) is 0 Å². The number of nitrogens with one attached hydrogen (secondary N) is 1. The van der Waals surface area contributed by atoms with Crippen molar-refractivity contribution >= 4 is 8.80 Å². The quantitative estimate of drug-likeness (QED) is 0.188. The van der Waals surface area contributed by atoms with Gasteiger partial charge in [-0.15, -0.1) is 0 Å². The second-order valence-electron chi connectivity index (χ2n) is 5.84. The Kier molecular flexibility index (Phi) is 15.4. The minimum absolute atomic E-state index is 0.0398. The maximum atomic E-state index is 9.68. The van der Waals surface area contributed by atoms with E-state index in [-0.39, 0.29) is 12.7 Å². The highest BCUT2D eigenvalue weighted by Gasteiger charge is 2.25. The summed E-state index contributed by atoms with van der Waals surface area (Å²) in [7, 11) is -3.95. The number of ether oxygens (including phenoxy) is 2. The molecule has 0 aliphatic carbocycles. The lowest BCUT2D eigenvalue weighted by molar-refractivity contribution is 0.0362. The summed E-state index contributed by atoms with van der Waals surface area (Å²) in [6, 6.07) is -0.0398. The van der Waals surface area contributed by atoms with Gasteiger partial charge in [-0.1, -0.05) is 19.8 Å². The predicted molar refractivity (Wildman–Crippen MR) is 91.1 cm³/mol. The zero-order chi connectivity index (χ0) is 17.4. The zero-order valence-electron chi connectivity index (χ0n) is 14.4. The van der Waals surface area contributed by atoms with Gasteiger partial charge in [0.05, 0.1) is 12.7 Å². The van der Waals surface area contributed by atoms with Crippen molar-refractivity contribution in [3.05, 3.63) is 0 Å². The Morgan fingerprint density at radius 1 is 0.913 bits per heavy atom. The predicted octanol–water partition coefficient (Wildman–Crippen LogP) is 0.246.